The average Bonchev–Trinajstić information content (AvgIpc) is 3.02. The third kappa shape index (κ3) is 4.04. The number of anilines is 1. The Balaban J connectivity index is 1.53. The molecule has 1 fully saturated rings. The average molecular weight is 350 g/mol. The van der Waals surface area contributed by atoms with Crippen molar-refractivity contribution in [2.75, 3.05) is 38.2 Å². The van der Waals surface area contributed by atoms with E-state index in [9.17, 15) is 4.79 Å². The first-order chi connectivity index (χ1) is 11.7. The second kappa shape index (κ2) is 7.63. The molecule has 1 aromatic carbocycles. The predicted octanol–water partition coefficient (Wildman–Crippen LogP) is 1.43. The predicted molar refractivity (Wildman–Crippen MR) is 91.0 cm³/mol. The maximum atomic E-state index is 12.4. The molecular weight excluding hydrogens is 330 g/mol. The lowest BCUT2D eigenvalue weighted by Gasteiger charge is -2.36. The molecule has 0 saturated carbocycles. The number of methoxy groups -OCH3 is 1. The second-order valence-electron chi connectivity index (χ2n) is 5.69. The fourth-order valence-corrected chi connectivity index (χ4v) is 2.94. The molecule has 1 saturated heterocycles. The van der Waals surface area contributed by atoms with Gasteiger partial charge in [-0.1, -0.05) is 22.9 Å². The Labute approximate surface area is 145 Å². The van der Waals surface area contributed by atoms with Gasteiger partial charge in [0.15, 0.2) is 0 Å². The number of nitrogens with zero attached hydrogens (tertiary/aromatic N) is 5. The quantitative estimate of drug-likeness (QED) is 0.817. The smallest absolute Gasteiger partial charge is 0.244 e. The van der Waals surface area contributed by atoms with Crippen molar-refractivity contribution in [1.29, 1.82) is 0 Å². The van der Waals surface area contributed by atoms with Crippen LogP contribution >= 0.6 is 11.6 Å². The number of amides is 1. The molecule has 1 amide bonds. The Morgan fingerprint density at radius 1 is 1.29 bits per heavy atom. The van der Waals surface area contributed by atoms with Gasteiger partial charge in [-0.2, -0.15) is 0 Å². The number of hydrogen-bond acceptors (Lipinski definition) is 5. The van der Waals surface area contributed by atoms with Gasteiger partial charge < -0.3 is 14.5 Å². The van der Waals surface area contributed by atoms with Gasteiger partial charge in [-0.25, -0.2) is 4.68 Å². The Kier molecular flexibility index (Phi) is 5.32. The van der Waals surface area contributed by atoms with Crippen molar-refractivity contribution in [2.24, 2.45) is 0 Å². The highest BCUT2D eigenvalue weighted by molar-refractivity contribution is 6.30. The summed E-state index contributed by atoms with van der Waals surface area (Å²) in [6.07, 6.45) is 1.74. The SMILES string of the molecule is COCc1cn(CC(=O)N2CCN(c3cccc(Cl)c3)CC2)nn1. The highest BCUT2D eigenvalue weighted by Gasteiger charge is 2.22. The molecule has 2 aromatic rings. The van der Waals surface area contributed by atoms with Crippen LogP contribution in [0.1, 0.15) is 5.69 Å². The number of carbonyl (C=O) groups excluding carboxylic acids is 1. The van der Waals surface area contributed by atoms with Crippen LogP contribution in [-0.4, -0.2) is 59.1 Å². The van der Waals surface area contributed by atoms with Crippen molar-refractivity contribution in [3.05, 3.63) is 41.2 Å². The van der Waals surface area contributed by atoms with Gasteiger partial charge in [-0.3, -0.25) is 4.79 Å². The zero-order valence-corrected chi connectivity index (χ0v) is 14.3. The molecule has 2 heterocycles. The van der Waals surface area contributed by atoms with Crippen LogP contribution in [0.15, 0.2) is 30.5 Å². The minimum Gasteiger partial charge on any atom is -0.378 e. The monoisotopic (exact) mass is 349 g/mol. The number of hydrogen-bond donors (Lipinski definition) is 0. The molecule has 128 valence electrons. The number of ether oxygens (including phenoxy) is 1. The van der Waals surface area contributed by atoms with E-state index < -0.39 is 0 Å². The van der Waals surface area contributed by atoms with E-state index in [2.05, 4.69) is 15.2 Å². The molecule has 1 aliphatic heterocycles. The number of benzene rings is 1. The molecule has 0 atom stereocenters. The van der Waals surface area contributed by atoms with Crippen molar-refractivity contribution in [2.45, 2.75) is 13.2 Å². The lowest BCUT2D eigenvalue weighted by atomic mass is 10.2. The second-order valence-corrected chi connectivity index (χ2v) is 6.12. The van der Waals surface area contributed by atoms with Crippen LogP contribution in [0.2, 0.25) is 5.02 Å². The normalized spacial score (nSPS) is 14.9. The Morgan fingerprint density at radius 2 is 2.08 bits per heavy atom. The molecule has 24 heavy (non-hydrogen) atoms. The topological polar surface area (TPSA) is 63.5 Å². The highest BCUT2D eigenvalue weighted by Crippen LogP contribution is 2.20. The molecule has 0 aliphatic carbocycles. The number of carbonyl (C=O) groups is 1. The molecule has 0 unspecified atom stereocenters. The lowest BCUT2D eigenvalue weighted by molar-refractivity contribution is -0.132. The van der Waals surface area contributed by atoms with Crippen molar-refractivity contribution in [1.82, 2.24) is 19.9 Å². The maximum absolute atomic E-state index is 12.4. The van der Waals surface area contributed by atoms with Crippen molar-refractivity contribution in [3.8, 4) is 0 Å². The zero-order valence-electron chi connectivity index (χ0n) is 13.6. The van der Waals surface area contributed by atoms with Gasteiger partial charge in [-0.05, 0) is 18.2 Å². The van der Waals surface area contributed by atoms with Crippen molar-refractivity contribution in [3.63, 3.8) is 0 Å². The first-order valence-corrected chi connectivity index (χ1v) is 8.20. The summed E-state index contributed by atoms with van der Waals surface area (Å²) in [6, 6.07) is 7.79. The van der Waals surface area contributed by atoms with Crippen LogP contribution < -0.4 is 4.90 Å². The van der Waals surface area contributed by atoms with Gasteiger partial charge in [0, 0.05) is 44.0 Å². The van der Waals surface area contributed by atoms with Crippen molar-refractivity contribution >= 4 is 23.2 Å². The lowest BCUT2D eigenvalue weighted by Crippen LogP contribution is -2.49. The largest absolute Gasteiger partial charge is 0.378 e. The van der Waals surface area contributed by atoms with Crippen LogP contribution in [0.25, 0.3) is 0 Å². The fourth-order valence-electron chi connectivity index (χ4n) is 2.76. The van der Waals surface area contributed by atoms with E-state index in [1.165, 1.54) is 0 Å². The summed E-state index contributed by atoms with van der Waals surface area (Å²) >= 11 is 6.04. The van der Waals surface area contributed by atoms with Crippen LogP contribution in [-0.2, 0) is 22.7 Å². The molecule has 1 aliphatic rings. The summed E-state index contributed by atoms with van der Waals surface area (Å²) in [7, 11) is 1.60. The van der Waals surface area contributed by atoms with Crippen LogP contribution in [0.5, 0.6) is 0 Å². The fraction of sp³-hybridized carbons (Fsp3) is 0.438. The van der Waals surface area contributed by atoms with Crippen molar-refractivity contribution < 1.29 is 9.53 Å². The van der Waals surface area contributed by atoms with E-state index in [0.29, 0.717) is 19.7 Å². The van der Waals surface area contributed by atoms with Crippen LogP contribution in [0.4, 0.5) is 5.69 Å². The Bertz CT molecular complexity index is 697. The molecular formula is C16H20ClN5O2. The standard InChI is InChI=1S/C16H20ClN5O2/c1-24-12-14-10-22(19-18-14)11-16(23)21-7-5-20(6-8-21)15-4-2-3-13(17)9-15/h2-4,9-10H,5-8,11-12H2,1H3. The molecule has 7 nitrogen and oxygen atoms in total. The number of halogens is 1. The number of rotatable bonds is 5. The highest BCUT2D eigenvalue weighted by atomic mass is 35.5. The van der Waals surface area contributed by atoms with E-state index in [1.807, 2.05) is 29.2 Å². The zero-order chi connectivity index (χ0) is 16.9. The first kappa shape index (κ1) is 16.7. The van der Waals surface area contributed by atoms with Gasteiger partial charge in [0.25, 0.3) is 0 Å². The number of piperazine rings is 1. The molecule has 0 bridgehead atoms. The summed E-state index contributed by atoms with van der Waals surface area (Å²) in [5, 5.41) is 8.64. The van der Waals surface area contributed by atoms with Gasteiger partial charge in [0.2, 0.25) is 5.91 Å². The third-order valence-corrected chi connectivity index (χ3v) is 4.22. The van der Waals surface area contributed by atoms with E-state index in [0.717, 1.165) is 29.5 Å². The summed E-state index contributed by atoms with van der Waals surface area (Å²) in [5.41, 5.74) is 1.81. The minimum absolute atomic E-state index is 0.0506. The molecule has 1 aromatic heterocycles. The summed E-state index contributed by atoms with van der Waals surface area (Å²) in [6.45, 7) is 3.55. The van der Waals surface area contributed by atoms with Gasteiger partial charge in [0.05, 0.1) is 12.8 Å². The van der Waals surface area contributed by atoms with Gasteiger partial charge >= 0.3 is 0 Å². The molecule has 0 spiro atoms. The maximum Gasteiger partial charge on any atom is 0.244 e. The van der Waals surface area contributed by atoms with E-state index in [4.69, 9.17) is 16.3 Å². The van der Waals surface area contributed by atoms with Gasteiger partial charge in [0.1, 0.15) is 12.2 Å². The van der Waals surface area contributed by atoms with E-state index >= 15 is 0 Å². The molecule has 3 rings (SSSR count). The number of aromatic nitrogens is 3. The summed E-state index contributed by atoms with van der Waals surface area (Å²) in [4.78, 5) is 16.5. The van der Waals surface area contributed by atoms with E-state index in [-0.39, 0.29) is 12.5 Å². The molecule has 8 heteroatoms. The van der Waals surface area contributed by atoms with E-state index in [1.54, 1.807) is 18.0 Å². The first-order valence-electron chi connectivity index (χ1n) is 7.82. The third-order valence-electron chi connectivity index (χ3n) is 3.98. The molecule has 0 N–H and O–H groups in total. The summed E-state index contributed by atoms with van der Waals surface area (Å²) < 4.78 is 6.55. The minimum atomic E-state index is 0.0506. The van der Waals surface area contributed by atoms with Gasteiger partial charge in [-0.15, -0.1) is 5.10 Å². The Morgan fingerprint density at radius 3 is 2.79 bits per heavy atom. The van der Waals surface area contributed by atoms with Crippen LogP contribution in [0, 0.1) is 0 Å². The Hall–Kier alpha value is -2.12. The summed E-state index contributed by atoms with van der Waals surface area (Å²) in [5.74, 6) is 0.0506. The van der Waals surface area contributed by atoms with Crippen LogP contribution in [0.3, 0.4) is 0 Å². The molecule has 0 radical (unpaired) electrons.